The van der Waals surface area contributed by atoms with Gasteiger partial charge in [0.2, 0.25) is 0 Å². The van der Waals surface area contributed by atoms with Crippen LogP contribution in [-0.2, 0) is 4.79 Å². The van der Waals surface area contributed by atoms with Crippen molar-refractivity contribution < 1.29 is 15.0 Å². The summed E-state index contributed by atoms with van der Waals surface area (Å²) in [5, 5.41) is 19.2. The number of halogens is 2. The molecular formula is C24H34Cl2O3S. The topological polar surface area (TPSA) is 57.5 Å². The number of allylic oxidation sites excluding steroid dienone is 1. The molecule has 1 saturated carbocycles. The Morgan fingerprint density at radius 1 is 1.17 bits per heavy atom. The van der Waals surface area contributed by atoms with Crippen molar-refractivity contribution in [2.24, 2.45) is 5.92 Å². The van der Waals surface area contributed by atoms with Gasteiger partial charge in [-0.15, -0.1) is 35.0 Å². The predicted octanol–water partition coefficient (Wildman–Crippen LogP) is 6.77. The first-order valence-electron chi connectivity index (χ1n) is 10.9. The Morgan fingerprint density at radius 2 is 1.90 bits per heavy atom. The number of rotatable bonds is 13. The number of thioether (sulfide) groups is 1. The van der Waals surface area contributed by atoms with Gasteiger partial charge in [-0.1, -0.05) is 69.0 Å². The van der Waals surface area contributed by atoms with Crippen LogP contribution in [-0.4, -0.2) is 38.4 Å². The lowest BCUT2D eigenvalue weighted by atomic mass is 9.85. The van der Waals surface area contributed by atoms with Gasteiger partial charge in [-0.2, -0.15) is 0 Å². The van der Waals surface area contributed by atoms with Crippen molar-refractivity contribution in [1.29, 1.82) is 0 Å². The quantitative estimate of drug-likeness (QED) is 0.189. The van der Waals surface area contributed by atoms with Gasteiger partial charge in [-0.05, 0) is 36.3 Å². The molecule has 0 bridgehead atoms. The van der Waals surface area contributed by atoms with E-state index in [1.807, 2.05) is 18.2 Å². The molecule has 2 rings (SSSR count). The molecule has 168 valence electrons. The number of hydrogen-bond donors (Lipinski definition) is 2. The molecule has 5 unspecified atom stereocenters. The Balaban J connectivity index is 1.94. The van der Waals surface area contributed by atoms with Crippen LogP contribution >= 0.6 is 35.0 Å². The molecule has 1 aliphatic rings. The number of aliphatic hydroxyl groups excluding tert-OH is 1. The Kier molecular flexibility index (Phi) is 11.7. The average molecular weight is 474 g/mol. The lowest BCUT2D eigenvalue weighted by Gasteiger charge is -2.23. The molecule has 0 spiro atoms. The number of benzene rings is 1. The van der Waals surface area contributed by atoms with Crippen LogP contribution in [0.25, 0.3) is 0 Å². The SMILES string of the molecule is CCCCCCC(O)c1ccc(C2C(Cl)CC(Cl)C2CC=CCSCC(=O)O)cc1. The molecule has 0 saturated heterocycles. The lowest BCUT2D eigenvalue weighted by Crippen LogP contribution is -2.16. The van der Waals surface area contributed by atoms with Crippen LogP contribution in [0.2, 0.25) is 0 Å². The second-order valence-corrected chi connectivity index (χ2v) is 10.3. The second-order valence-electron chi connectivity index (χ2n) is 8.11. The van der Waals surface area contributed by atoms with Gasteiger partial charge in [-0.3, -0.25) is 4.79 Å². The van der Waals surface area contributed by atoms with E-state index >= 15 is 0 Å². The molecule has 5 atom stereocenters. The lowest BCUT2D eigenvalue weighted by molar-refractivity contribution is -0.133. The highest BCUT2D eigenvalue weighted by molar-refractivity contribution is 8.00. The summed E-state index contributed by atoms with van der Waals surface area (Å²) in [6.07, 6.45) is 10.8. The van der Waals surface area contributed by atoms with Crippen LogP contribution in [0.5, 0.6) is 0 Å². The largest absolute Gasteiger partial charge is 0.481 e. The van der Waals surface area contributed by atoms with E-state index in [4.69, 9.17) is 28.3 Å². The average Bonchev–Trinajstić information content (AvgIpc) is 3.00. The van der Waals surface area contributed by atoms with E-state index in [-0.39, 0.29) is 28.3 Å². The summed E-state index contributed by atoms with van der Waals surface area (Å²) in [7, 11) is 0. The Labute approximate surface area is 195 Å². The van der Waals surface area contributed by atoms with E-state index in [0.29, 0.717) is 5.75 Å². The summed E-state index contributed by atoms with van der Waals surface area (Å²) >= 11 is 14.7. The number of carboxylic acid groups (broad SMARTS) is 1. The fraction of sp³-hybridized carbons (Fsp3) is 0.625. The van der Waals surface area contributed by atoms with Gasteiger partial charge in [0.25, 0.3) is 0 Å². The number of carboxylic acids is 1. The molecule has 1 aromatic rings. The van der Waals surface area contributed by atoms with Gasteiger partial charge >= 0.3 is 5.97 Å². The molecule has 0 aromatic heterocycles. The van der Waals surface area contributed by atoms with Crippen molar-refractivity contribution in [3.63, 3.8) is 0 Å². The minimum absolute atomic E-state index is 0.00268. The number of alkyl halides is 2. The molecule has 2 N–H and O–H groups in total. The fourth-order valence-electron chi connectivity index (χ4n) is 4.19. The molecule has 0 radical (unpaired) electrons. The summed E-state index contributed by atoms with van der Waals surface area (Å²) < 4.78 is 0. The molecule has 1 aromatic carbocycles. The summed E-state index contributed by atoms with van der Waals surface area (Å²) in [6, 6.07) is 8.25. The van der Waals surface area contributed by atoms with E-state index in [1.54, 1.807) is 0 Å². The standard InChI is InChI=1S/C24H34Cl2O3S/c1-2-3-4-5-9-22(27)17-10-12-18(13-11-17)24-19(20(25)15-21(24)26)8-6-7-14-30-16-23(28)29/h6-7,10-13,19-22,24,27H,2-5,8-9,14-16H2,1H3,(H,28,29). The number of aliphatic carboxylic acids is 1. The third kappa shape index (κ3) is 8.11. The van der Waals surface area contributed by atoms with Crippen molar-refractivity contribution in [3.05, 3.63) is 47.5 Å². The molecule has 3 nitrogen and oxygen atoms in total. The van der Waals surface area contributed by atoms with Gasteiger partial charge < -0.3 is 10.2 Å². The maximum atomic E-state index is 10.6. The van der Waals surface area contributed by atoms with Crippen LogP contribution in [0.1, 0.15) is 75.0 Å². The van der Waals surface area contributed by atoms with Crippen LogP contribution in [0, 0.1) is 5.92 Å². The Hall–Kier alpha value is -0.680. The minimum Gasteiger partial charge on any atom is -0.481 e. The highest BCUT2D eigenvalue weighted by atomic mass is 35.5. The first-order valence-corrected chi connectivity index (χ1v) is 13.0. The van der Waals surface area contributed by atoms with Crippen molar-refractivity contribution in [3.8, 4) is 0 Å². The molecule has 1 fully saturated rings. The van der Waals surface area contributed by atoms with E-state index in [1.165, 1.54) is 36.6 Å². The zero-order valence-corrected chi connectivity index (χ0v) is 20.0. The van der Waals surface area contributed by atoms with Gasteiger partial charge in [-0.25, -0.2) is 0 Å². The molecular weight excluding hydrogens is 439 g/mol. The zero-order chi connectivity index (χ0) is 21.9. The van der Waals surface area contributed by atoms with Gasteiger partial charge in [0.1, 0.15) is 0 Å². The maximum absolute atomic E-state index is 10.6. The van der Waals surface area contributed by atoms with E-state index in [0.717, 1.165) is 31.2 Å². The monoisotopic (exact) mass is 472 g/mol. The predicted molar refractivity (Wildman–Crippen MR) is 129 cm³/mol. The Morgan fingerprint density at radius 3 is 2.57 bits per heavy atom. The first kappa shape index (κ1) is 25.6. The number of aliphatic hydroxyl groups is 1. The van der Waals surface area contributed by atoms with Crippen molar-refractivity contribution >= 4 is 40.9 Å². The van der Waals surface area contributed by atoms with E-state index < -0.39 is 12.1 Å². The summed E-state index contributed by atoms with van der Waals surface area (Å²) in [5.74, 6) is 0.450. The van der Waals surface area contributed by atoms with E-state index in [2.05, 4.69) is 25.1 Å². The van der Waals surface area contributed by atoms with Crippen LogP contribution < -0.4 is 0 Å². The smallest absolute Gasteiger partial charge is 0.313 e. The van der Waals surface area contributed by atoms with Gasteiger partial charge in [0.15, 0.2) is 0 Å². The van der Waals surface area contributed by atoms with Crippen LogP contribution in [0.4, 0.5) is 0 Å². The maximum Gasteiger partial charge on any atom is 0.313 e. The highest BCUT2D eigenvalue weighted by Crippen LogP contribution is 2.47. The van der Waals surface area contributed by atoms with Crippen LogP contribution in [0.3, 0.4) is 0 Å². The summed E-state index contributed by atoms with van der Waals surface area (Å²) in [4.78, 5) is 10.6. The van der Waals surface area contributed by atoms with Crippen molar-refractivity contribution in [2.45, 2.75) is 74.6 Å². The molecule has 0 aliphatic heterocycles. The molecule has 1 aliphatic carbocycles. The fourth-order valence-corrected chi connectivity index (χ4v) is 5.82. The second kappa shape index (κ2) is 13.7. The molecule has 0 heterocycles. The number of hydrogen-bond acceptors (Lipinski definition) is 3. The third-order valence-electron chi connectivity index (χ3n) is 5.82. The van der Waals surface area contributed by atoms with Gasteiger partial charge in [0, 0.05) is 22.4 Å². The summed E-state index contributed by atoms with van der Waals surface area (Å²) in [5.41, 5.74) is 2.15. The number of unbranched alkanes of at least 4 members (excludes halogenated alkanes) is 3. The molecule has 0 amide bonds. The van der Waals surface area contributed by atoms with Crippen LogP contribution in [0.15, 0.2) is 36.4 Å². The van der Waals surface area contributed by atoms with Crippen molar-refractivity contribution in [2.75, 3.05) is 11.5 Å². The molecule has 6 heteroatoms. The van der Waals surface area contributed by atoms with Crippen molar-refractivity contribution in [1.82, 2.24) is 0 Å². The first-order chi connectivity index (χ1) is 14.4. The molecule has 30 heavy (non-hydrogen) atoms. The third-order valence-corrected chi connectivity index (χ3v) is 7.65. The Bertz CT molecular complexity index is 665. The normalized spacial score (nSPS) is 25.1. The summed E-state index contributed by atoms with van der Waals surface area (Å²) in [6.45, 7) is 2.19. The van der Waals surface area contributed by atoms with E-state index in [9.17, 15) is 9.90 Å². The minimum atomic E-state index is -0.787. The zero-order valence-electron chi connectivity index (χ0n) is 17.7. The van der Waals surface area contributed by atoms with Gasteiger partial charge in [0.05, 0.1) is 11.9 Å². The number of carbonyl (C=O) groups is 1. The highest BCUT2D eigenvalue weighted by Gasteiger charge is 2.41.